The lowest BCUT2D eigenvalue weighted by atomic mass is 9.65. The Bertz CT molecular complexity index is 687. The van der Waals surface area contributed by atoms with Crippen molar-refractivity contribution in [1.29, 1.82) is 0 Å². The summed E-state index contributed by atoms with van der Waals surface area (Å²) in [7, 11) is 0. The first kappa shape index (κ1) is 11.2. The SMILES string of the molecule is O=Cc1cccc2c1CC1C3CC(C21)C1C2C=CC(C2)C31. The van der Waals surface area contributed by atoms with Crippen LogP contribution in [0.15, 0.2) is 30.4 Å². The highest BCUT2D eigenvalue weighted by atomic mass is 16.1. The summed E-state index contributed by atoms with van der Waals surface area (Å²) in [4.78, 5) is 11.4. The van der Waals surface area contributed by atoms with Crippen LogP contribution in [0.2, 0.25) is 0 Å². The normalized spacial score (nSPS) is 50.3. The fourth-order valence-corrected chi connectivity index (χ4v) is 7.42. The van der Waals surface area contributed by atoms with E-state index in [-0.39, 0.29) is 0 Å². The van der Waals surface area contributed by atoms with E-state index in [1.165, 1.54) is 24.8 Å². The van der Waals surface area contributed by atoms with E-state index < -0.39 is 0 Å². The van der Waals surface area contributed by atoms with Gasteiger partial charge in [-0.1, -0.05) is 30.4 Å². The number of carbonyl (C=O) groups excluding carboxylic acids is 1. The summed E-state index contributed by atoms with van der Waals surface area (Å²) >= 11 is 0. The molecular weight excluding hydrogens is 256 g/mol. The van der Waals surface area contributed by atoms with E-state index in [0.717, 1.165) is 59.2 Å². The van der Waals surface area contributed by atoms with E-state index in [0.29, 0.717) is 0 Å². The number of rotatable bonds is 1. The molecule has 8 atom stereocenters. The molecule has 0 spiro atoms. The molecule has 0 amide bonds. The summed E-state index contributed by atoms with van der Waals surface area (Å²) < 4.78 is 0. The molecule has 1 heteroatoms. The standard InChI is InChI=1S/C20H20O/c21-9-12-2-1-3-13-14(12)7-16-15-8-17(20(13)16)19-11-5-4-10(6-11)18(15)19/h1-5,9-11,15-20H,6-8H2. The number of allylic oxidation sites excluding steroid dienone is 2. The summed E-state index contributed by atoms with van der Waals surface area (Å²) in [6.07, 6.45) is 10.2. The van der Waals surface area contributed by atoms with Gasteiger partial charge in [-0.2, -0.15) is 0 Å². The molecular formula is C20H20O. The first-order chi connectivity index (χ1) is 10.4. The molecule has 3 fully saturated rings. The minimum atomic E-state index is 0.777. The zero-order valence-electron chi connectivity index (χ0n) is 12.1. The highest BCUT2D eigenvalue weighted by Crippen LogP contribution is 2.72. The van der Waals surface area contributed by atoms with Gasteiger partial charge in [0.2, 0.25) is 0 Å². The molecule has 0 N–H and O–H groups in total. The largest absolute Gasteiger partial charge is 0.298 e. The van der Waals surface area contributed by atoms with Gasteiger partial charge in [0.25, 0.3) is 0 Å². The highest BCUT2D eigenvalue weighted by molar-refractivity contribution is 5.78. The maximum absolute atomic E-state index is 11.4. The second-order valence-electron chi connectivity index (χ2n) is 8.09. The van der Waals surface area contributed by atoms with E-state index in [2.05, 4.69) is 24.3 Å². The number of aldehydes is 1. The Kier molecular flexibility index (Phi) is 1.88. The molecule has 3 saturated carbocycles. The molecule has 0 saturated heterocycles. The first-order valence-electron chi connectivity index (χ1n) is 8.62. The van der Waals surface area contributed by atoms with Crippen LogP contribution in [0.4, 0.5) is 0 Å². The molecule has 106 valence electrons. The van der Waals surface area contributed by atoms with Crippen LogP contribution < -0.4 is 0 Å². The van der Waals surface area contributed by atoms with Gasteiger partial charge < -0.3 is 0 Å². The number of hydrogen-bond acceptors (Lipinski definition) is 1. The molecule has 8 unspecified atom stereocenters. The van der Waals surface area contributed by atoms with E-state index in [1.54, 1.807) is 5.56 Å². The van der Waals surface area contributed by atoms with E-state index >= 15 is 0 Å². The van der Waals surface area contributed by atoms with Gasteiger partial charge in [0.05, 0.1) is 0 Å². The molecule has 1 nitrogen and oxygen atoms in total. The zero-order valence-corrected chi connectivity index (χ0v) is 12.1. The van der Waals surface area contributed by atoms with Crippen LogP contribution in [0.3, 0.4) is 0 Å². The van der Waals surface area contributed by atoms with Crippen LogP contribution in [0, 0.1) is 41.4 Å². The predicted molar refractivity (Wildman–Crippen MR) is 81.1 cm³/mol. The van der Waals surface area contributed by atoms with Crippen molar-refractivity contribution in [1.82, 2.24) is 0 Å². The highest BCUT2D eigenvalue weighted by Gasteiger charge is 2.65. The van der Waals surface area contributed by atoms with E-state index in [4.69, 9.17) is 0 Å². The number of benzene rings is 1. The van der Waals surface area contributed by atoms with Crippen LogP contribution in [0.1, 0.15) is 40.2 Å². The molecule has 4 bridgehead atoms. The van der Waals surface area contributed by atoms with E-state index in [1.807, 2.05) is 6.07 Å². The molecule has 21 heavy (non-hydrogen) atoms. The van der Waals surface area contributed by atoms with Gasteiger partial charge in [-0.05, 0) is 77.7 Å². The molecule has 1 aromatic carbocycles. The summed E-state index contributed by atoms with van der Waals surface area (Å²) in [5.74, 6) is 7.21. The van der Waals surface area contributed by atoms with Crippen molar-refractivity contribution in [2.45, 2.75) is 25.2 Å². The molecule has 0 aliphatic heterocycles. The maximum atomic E-state index is 11.4. The molecule has 1 aromatic rings. The Morgan fingerprint density at radius 1 is 0.952 bits per heavy atom. The Morgan fingerprint density at radius 3 is 2.57 bits per heavy atom. The first-order valence-corrected chi connectivity index (χ1v) is 8.62. The third-order valence-electron chi connectivity index (χ3n) is 7.76. The predicted octanol–water partition coefficient (Wildman–Crippen LogP) is 3.84. The summed E-state index contributed by atoms with van der Waals surface area (Å²) in [6, 6.07) is 6.45. The number of carbonyl (C=O) groups is 1. The van der Waals surface area contributed by atoms with Gasteiger partial charge in [-0.25, -0.2) is 0 Å². The van der Waals surface area contributed by atoms with Crippen LogP contribution in [-0.4, -0.2) is 6.29 Å². The third kappa shape index (κ3) is 1.13. The Labute approximate surface area is 125 Å². The average molecular weight is 276 g/mol. The fraction of sp³-hybridized carbons (Fsp3) is 0.550. The van der Waals surface area contributed by atoms with Crippen molar-refractivity contribution in [2.75, 3.05) is 0 Å². The van der Waals surface area contributed by atoms with Crippen molar-refractivity contribution >= 4 is 6.29 Å². The van der Waals surface area contributed by atoms with Crippen molar-refractivity contribution in [3.8, 4) is 0 Å². The monoisotopic (exact) mass is 276 g/mol. The summed E-state index contributed by atoms with van der Waals surface area (Å²) in [5, 5.41) is 0. The minimum absolute atomic E-state index is 0.777. The Balaban J connectivity index is 1.49. The summed E-state index contributed by atoms with van der Waals surface area (Å²) in [6.45, 7) is 0. The van der Waals surface area contributed by atoms with Crippen molar-refractivity contribution in [3.63, 3.8) is 0 Å². The number of hydrogen-bond donors (Lipinski definition) is 0. The van der Waals surface area contributed by atoms with Crippen molar-refractivity contribution < 1.29 is 4.79 Å². The lowest BCUT2D eigenvalue weighted by molar-refractivity contribution is 0.112. The van der Waals surface area contributed by atoms with Gasteiger partial charge in [-0.3, -0.25) is 4.79 Å². The molecule has 0 heterocycles. The second kappa shape index (κ2) is 3.51. The minimum Gasteiger partial charge on any atom is -0.298 e. The second-order valence-corrected chi connectivity index (χ2v) is 8.09. The lowest BCUT2D eigenvalue weighted by Crippen LogP contribution is -2.34. The van der Waals surface area contributed by atoms with Gasteiger partial charge in [-0.15, -0.1) is 0 Å². The van der Waals surface area contributed by atoms with Gasteiger partial charge in [0, 0.05) is 5.56 Å². The van der Waals surface area contributed by atoms with Crippen LogP contribution >= 0.6 is 0 Å². The fourth-order valence-electron chi connectivity index (χ4n) is 7.42. The van der Waals surface area contributed by atoms with Crippen LogP contribution in [0.5, 0.6) is 0 Å². The van der Waals surface area contributed by atoms with Crippen molar-refractivity contribution in [2.24, 2.45) is 41.4 Å². The average Bonchev–Trinajstić information content (AvgIpc) is 3.26. The third-order valence-corrected chi connectivity index (χ3v) is 7.76. The molecule has 0 radical (unpaired) electrons. The lowest BCUT2D eigenvalue weighted by Gasteiger charge is -2.39. The smallest absolute Gasteiger partial charge is 0.150 e. The maximum Gasteiger partial charge on any atom is 0.150 e. The Morgan fingerprint density at radius 2 is 1.76 bits per heavy atom. The van der Waals surface area contributed by atoms with Crippen molar-refractivity contribution in [3.05, 3.63) is 47.0 Å². The summed E-state index contributed by atoms with van der Waals surface area (Å²) in [5.41, 5.74) is 3.91. The topological polar surface area (TPSA) is 17.1 Å². The van der Waals surface area contributed by atoms with Gasteiger partial charge in [0.15, 0.2) is 0 Å². The Hall–Kier alpha value is -1.37. The molecule has 6 rings (SSSR count). The van der Waals surface area contributed by atoms with Crippen LogP contribution in [0.25, 0.3) is 0 Å². The molecule has 5 aliphatic rings. The van der Waals surface area contributed by atoms with Gasteiger partial charge in [0.1, 0.15) is 6.29 Å². The quantitative estimate of drug-likeness (QED) is 0.432. The zero-order chi connectivity index (χ0) is 13.7. The van der Waals surface area contributed by atoms with Crippen LogP contribution in [-0.2, 0) is 6.42 Å². The van der Waals surface area contributed by atoms with Gasteiger partial charge >= 0.3 is 0 Å². The van der Waals surface area contributed by atoms with E-state index in [9.17, 15) is 4.79 Å². The molecule has 5 aliphatic carbocycles. The molecule has 0 aromatic heterocycles. The number of fused-ring (bicyclic) bond motifs is 14.